The van der Waals surface area contributed by atoms with E-state index in [2.05, 4.69) is 5.32 Å². The van der Waals surface area contributed by atoms with Gasteiger partial charge in [-0.3, -0.25) is 52.7 Å². The summed E-state index contributed by atoms with van der Waals surface area (Å²) >= 11 is 0. The maximum absolute atomic E-state index is 15.6. The van der Waals surface area contributed by atoms with Crippen molar-refractivity contribution in [3.05, 3.63) is 47.5 Å². The molecule has 22 heteroatoms. The molecular weight excluding hydrogens is 1220 g/mol. The Balaban J connectivity index is 3.18. The molecule has 96 heavy (non-hydrogen) atoms. The number of nitrogens with zero attached hydrogens (tertiary/aromatic N) is 7. The molecule has 1 saturated heterocycles. The predicted molar refractivity (Wildman–Crippen MR) is 372 cm³/mol. The molecule has 13 atom stereocenters. The number of ketones is 3. The van der Waals surface area contributed by atoms with Crippen LogP contribution in [0.4, 0.5) is 0 Å². The summed E-state index contributed by atoms with van der Waals surface area (Å²) in [4.78, 5) is 187. The van der Waals surface area contributed by atoms with Crippen LogP contribution in [-0.2, 0) is 63.9 Å². The summed E-state index contributed by atoms with van der Waals surface area (Å²) in [5.41, 5.74) is 0.760. The van der Waals surface area contributed by atoms with Gasteiger partial charge in [-0.2, -0.15) is 0 Å². The third kappa shape index (κ3) is 23.2. The normalized spacial score (nSPS) is 26.1. The van der Waals surface area contributed by atoms with Gasteiger partial charge in [0.1, 0.15) is 36.3 Å². The van der Waals surface area contributed by atoms with E-state index in [1.807, 2.05) is 68.4 Å². The van der Waals surface area contributed by atoms with Crippen molar-refractivity contribution < 1.29 is 67.4 Å². The van der Waals surface area contributed by atoms with Crippen LogP contribution in [0.25, 0.3) is 0 Å². The van der Waals surface area contributed by atoms with Gasteiger partial charge in [0.05, 0.1) is 30.9 Å². The highest BCUT2D eigenvalue weighted by Crippen LogP contribution is 2.30. The first kappa shape index (κ1) is 85.2. The minimum Gasteiger partial charge on any atom is -0.465 e. The molecular formula is C74H122N8O14. The molecule has 0 aliphatic carbocycles. The molecule has 1 aromatic rings. The molecule has 8 amide bonds. The van der Waals surface area contributed by atoms with Crippen molar-refractivity contribution in [2.75, 3.05) is 56.4 Å². The minimum atomic E-state index is -1.56. The number of methoxy groups -OCH3 is 1. The first-order valence-corrected chi connectivity index (χ1v) is 34.8. The molecule has 0 unspecified atom stereocenters. The monoisotopic (exact) mass is 1350 g/mol. The molecule has 0 aromatic heterocycles. The molecule has 1 aliphatic heterocycles. The quantitative estimate of drug-likeness (QED) is 0.104. The molecule has 542 valence electrons. The van der Waals surface area contributed by atoms with Crippen LogP contribution in [0.15, 0.2) is 36.4 Å². The van der Waals surface area contributed by atoms with E-state index in [4.69, 9.17) is 4.74 Å². The minimum absolute atomic E-state index is 0.0651. The third-order valence-corrected chi connectivity index (χ3v) is 19.2. The molecule has 2 N–H and O–H groups in total. The average molecular weight is 1350 g/mol. The van der Waals surface area contributed by atoms with Crippen LogP contribution in [0.3, 0.4) is 0 Å². The van der Waals surface area contributed by atoms with Crippen LogP contribution in [-0.4, -0.2) is 221 Å². The largest absolute Gasteiger partial charge is 0.465 e. The molecule has 1 fully saturated rings. The number of carbonyl (C=O) groups is 12. The van der Waals surface area contributed by atoms with E-state index in [-0.39, 0.29) is 80.6 Å². The fourth-order valence-electron chi connectivity index (χ4n) is 13.0. The molecule has 0 saturated carbocycles. The summed E-state index contributed by atoms with van der Waals surface area (Å²) < 4.78 is 4.93. The Labute approximate surface area is 574 Å². The summed E-state index contributed by atoms with van der Waals surface area (Å²) in [5.74, 6) is -12.4. The first-order valence-electron chi connectivity index (χ1n) is 34.8. The van der Waals surface area contributed by atoms with E-state index in [1.165, 1.54) is 105 Å². The molecule has 1 aliphatic rings. The summed E-state index contributed by atoms with van der Waals surface area (Å²) in [6.07, 6.45) is 1.91. The maximum atomic E-state index is 15.6. The number of esters is 1. The zero-order valence-corrected chi connectivity index (χ0v) is 62.9. The van der Waals surface area contributed by atoms with Gasteiger partial charge in [-0.15, -0.1) is 0 Å². The van der Waals surface area contributed by atoms with E-state index in [1.54, 1.807) is 66.7 Å². The lowest BCUT2D eigenvalue weighted by Crippen LogP contribution is -2.61. The SMILES string of the molecule is C/C=C/C[C@@H](C)[C@@H](O)[C@H]1C(=O)C[C@@H](CC)C(=O)N(C)[C@H](Cc2ccc(C(=O)OC)cc2)C(=O)N(C)[C@@H](CC(C)C)C(=O)C[C@@H](C(C)C)C(=O)N(C)[C@@H](CC(C)C)C(=O)C[C@@H](C)C(=O)N[C@H](C)C(=O)N(C)[C@@H](CC(C)C)C(=O)N(C)[C@@H](CC(C)C)C(=O)N(C)[C@@H](C(C)C)C(=O)N1C. The smallest absolute Gasteiger partial charge is 0.337 e. The highest BCUT2D eigenvalue weighted by molar-refractivity contribution is 6.00. The van der Waals surface area contributed by atoms with E-state index in [9.17, 15) is 29.1 Å². The number of allylic oxidation sites excluding steroid dienone is 2. The molecule has 2 rings (SSSR count). The number of ether oxygens (including phenoxy) is 1. The fraction of sp³-hybridized carbons (Fsp3) is 0.730. The van der Waals surface area contributed by atoms with Gasteiger partial charge in [-0.25, -0.2) is 4.79 Å². The number of hydrogen-bond donors (Lipinski definition) is 2. The van der Waals surface area contributed by atoms with E-state index >= 15 is 33.6 Å². The maximum Gasteiger partial charge on any atom is 0.337 e. The van der Waals surface area contributed by atoms with Gasteiger partial charge in [0.2, 0.25) is 47.3 Å². The zero-order chi connectivity index (χ0) is 73.8. The Morgan fingerprint density at radius 3 is 1.39 bits per heavy atom. The molecule has 0 bridgehead atoms. The van der Waals surface area contributed by atoms with Crippen LogP contribution in [0, 0.1) is 59.2 Å². The lowest BCUT2D eigenvalue weighted by Gasteiger charge is -2.41. The lowest BCUT2D eigenvalue weighted by atomic mass is 9.84. The number of benzene rings is 1. The summed E-state index contributed by atoms with van der Waals surface area (Å²) in [7, 11) is 11.4. The van der Waals surface area contributed by atoms with Gasteiger partial charge in [0, 0.05) is 92.8 Å². The van der Waals surface area contributed by atoms with Gasteiger partial charge in [0.15, 0.2) is 17.3 Å². The van der Waals surface area contributed by atoms with Crippen LogP contribution < -0.4 is 5.32 Å². The second kappa shape index (κ2) is 38.9. The fourth-order valence-corrected chi connectivity index (χ4v) is 13.0. The van der Waals surface area contributed by atoms with Gasteiger partial charge >= 0.3 is 5.97 Å². The molecule has 0 spiro atoms. The van der Waals surface area contributed by atoms with Crippen molar-refractivity contribution in [2.45, 2.75) is 236 Å². The van der Waals surface area contributed by atoms with Crippen molar-refractivity contribution in [1.82, 2.24) is 39.6 Å². The number of Topliss-reactive ketones (excluding diaryl/α,β-unsaturated/α-hetero) is 3. The van der Waals surface area contributed by atoms with Crippen LogP contribution in [0.5, 0.6) is 0 Å². The number of hydrogen-bond acceptors (Lipinski definition) is 14. The van der Waals surface area contributed by atoms with Gasteiger partial charge in [-0.05, 0) is 111 Å². The number of aliphatic hydroxyl groups excluding tert-OH is 1. The van der Waals surface area contributed by atoms with Gasteiger partial charge in [-0.1, -0.05) is 128 Å². The van der Waals surface area contributed by atoms with Crippen molar-refractivity contribution in [2.24, 2.45) is 59.2 Å². The number of likely N-dealkylation sites (N-methyl/N-ethyl adjacent to an activating group) is 7. The number of aliphatic hydroxyl groups is 1. The molecule has 1 aromatic carbocycles. The Hall–Kier alpha value is -6.84. The van der Waals surface area contributed by atoms with Crippen LogP contribution in [0.2, 0.25) is 0 Å². The number of amides is 8. The number of nitrogens with one attached hydrogen (secondary N) is 1. The number of rotatable bonds is 18. The molecule has 0 radical (unpaired) electrons. The first-order chi connectivity index (χ1) is 44.5. The Bertz CT molecular complexity index is 2850. The van der Waals surface area contributed by atoms with E-state index in [0.29, 0.717) is 12.0 Å². The van der Waals surface area contributed by atoms with Gasteiger partial charge < -0.3 is 49.5 Å². The van der Waals surface area contributed by atoms with Crippen molar-refractivity contribution >= 4 is 70.6 Å². The lowest BCUT2D eigenvalue weighted by molar-refractivity contribution is -0.157. The zero-order valence-electron chi connectivity index (χ0n) is 62.9. The average Bonchev–Trinajstić information content (AvgIpc) is 0.805. The van der Waals surface area contributed by atoms with Crippen molar-refractivity contribution in [3.63, 3.8) is 0 Å². The molecule has 22 nitrogen and oxygen atoms in total. The number of carbonyl (C=O) groups excluding carboxylic acids is 12. The summed E-state index contributed by atoms with van der Waals surface area (Å²) in [6.45, 7) is 30.4. The van der Waals surface area contributed by atoms with E-state index in [0.717, 1.165) is 4.90 Å². The Morgan fingerprint density at radius 1 is 0.521 bits per heavy atom. The highest BCUT2D eigenvalue weighted by atomic mass is 16.5. The second-order valence-corrected chi connectivity index (χ2v) is 29.6. The Morgan fingerprint density at radius 2 is 0.938 bits per heavy atom. The van der Waals surface area contributed by atoms with Crippen LogP contribution >= 0.6 is 0 Å². The summed E-state index contributed by atoms with van der Waals surface area (Å²) in [5, 5.41) is 15.1. The van der Waals surface area contributed by atoms with Crippen molar-refractivity contribution in [3.8, 4) is 0 Å². The van der Waals surface area contributed by atoms with Crippen LogP contribution in [0.1, 0.15) is 191 Å². The highest BCUT2D eigenvalue weighted by Gasteiger charge is 2.46. The summed E-state index contributed by atoms with van der Waals surface area (Å²) in [6, 6.07) is -3.51. The van der Waals surface area contributed by atoms with Gasteiger partial charge in [0.25, 0.3) is 0 Å². The third-order valence-electron chi connectivity index (χ3n) is 19.2. The van der Waals surface area contributed by atoms with E-state index < -0.39 is 167 Å². The molecule has 1 heterocycles. The predicted octanol–water partition coefficient (Wildman–Crippen LogP) is 7.94. The Kier molecular flexibility index (Phi) is 34.6. The second-order valence-electron chi connectivity index (χ2n) is 29.6. The van der Waals surface area contributed by atoms with Crippen molar-refractivity contribution in [1.29, 1.82) is 0 Å². The standard InChI is InChI=1S/C74H122N8O14/c1-26-28-29-48(15)65(86)64-62(85)40-52(27-2)68(89)79(21)59(39-51-30-32-53(33-31-51)74(95)96-25)71(92)77(19)56(35-43(5)6)61(84)41-54(46(11)12)69(90)76(18)55(34-42(3)4)60(83)38-49(16)66(87)75-50(17)67(88)78(20)57(36-44(7)8)70(91)80(22)58(37-45(9)10)72(93)81(23)63(47(13)14)73(94)82(64)24/h26,28,30-33,42-50,52,54-59,63-65,86H,27,29,34-41H2,1-25H3,(H,75,87)/b28-26+/t48-,49-,50-,52-,54+,55+,56+,57+,58+,59-,63+,64-,65-/m1/s1. The topological polar surface area (TPSA) is 269 Å².